The topological polar surface area (TPSA) is 83.6 Å². The second-order valence-electron chi connectivity index (χ2n) is 7.91. The number of halogens is 1. The predicted molar refractivity (Wildman–Crippen MR) is 117 cm³/mol. The number of hydrogen-bond acceptors (Lipinski definition) is 4. The van der Waals surface area contributed by atoms with Gasteiger partial charge in [0.2, 0.25) is 11.8 Å². The van der Waals surface area contributed by atoms with Gasteiger partial charge in [0.25, 0.3) is 0 Å². The van der Waals surface area contributed by atoms with E-state index in [9.17, 15) is 18.0 Å². The number of carbonyl (C=O) groups is 2. The lowest BCUT2D eigenvalue weighted by molar-refractivity contribution is -0.119. The van der Waals surface area contributed by atoms with Gasteiger partial charge in [-0.15, -0.1) is 0 Å². The first-order valence-corrected chi connectivity index (χ1v) is 12.0. The van der Waals surface area contributed by atoms with E-state index in [0.29, 0.717) is 23.7 Å². The standard InChI is InChI=1S/C22H23ClN2O4S/c1-14-2-6-19(18(23)12-14)24-21(26)9-11-30(28,29)17-5-7-20-16(13-17)8-10-25(20)22(27)15-3-4-15/h2,5-7,12-13,15H,3-4,8-11H2,1H3,(H,24,26). The van der Waals surface area contributed by atoms with Crippen LogP contribution in [0.15, 0.2) is 41.3 Å². The molecule has 0 radical (unpaired) electrons. The Hall–Kier alpha value is -2.38. The van der Waals surface area contributed by atoms with Crippen LogP contribution in [0.3, 0.4) is 0 Å². The van der Waals surface area contributed by atoms with E-state index < -0.39 is 15.7 Å². The molecule has 158 valence electrons. The van der Waals surface area contributed by atoms with Crippen molar-refractivity contribution in [3.8, 4) is 0 Å². The highest BCUT2D eigenvalue weighted by molar-refractivity contribution is 7.91. The second kappa shape index (κ2) is 8.04. The van der Waals surface area contributed by atoms with Crippen LogP contribution in [0, 0.1) is 12.8 Å². The van der Waals surface area contributed by atoms with Gasteiger partial charge in [-0.2, -0.15) is 0 Å². The van der Waals surface area contributed by atoms with Crippen molar-refractivity contribution in [2.45, 2.75) is 37.5 Å². The fraction of sp³-hybridized carbons (Fsp3) is 0.364. The highest BCUT2D eigenvalue weighted by Crippen LogP contribution is 2.37. The molecular weight excluding hydrogens is 424 g/mol. The van der Waals surface area contributed by atoms with E-state index >= 15 is 0 Å². The van der Waals surface area contributed by atoms with Gasteiger partial charge in [0, 0.05) is 24.6 Å². The number of carbonyl (C=O) groups excluding carboxylic acids is 2. The third kappa shape index (κ3) is 4.37. The second-order valence-corrected chi connectivity index (χ2v) is 10.4. The molecule has 0 aromatic heterocycles. The SMILES string of the molecule is Cc1ccc(NC(=O)CCS(=O)(=O)c2ccc3c(c2)CCN3C(=O)C2CC2)c(Cl)c1. The number of rotatable bonds is 6. The molecular formula is C22H23ClN2O4S. The molecule has 0 saturated heterocycles. The maximum atomic E-state index is 12.7. The zero-order valence-corrected chi connectivity index (χ0v) is 18.2. The monoisotopic (exact) mass is 446 g/mol. The molecule has 1 saturated carbocycles. The Morgan fingerprint density at radius 3 is 2.63 bits per heavy atom. The van der Waals surface area contributed by atoms with Gasteiger partial charge in [0.15, 0.2) is 9.84 Å². The molecule has 1 fully saturated rings. The van der Waals surface area contributed by atoms with E-state index in [1.165, 1.54) is 6.07 Å². The number of benzene rings is 2. The highest BCUT2D eigenvalue weighted by Gasteiger charge is 2.36. The van der Waals surface area contributed by atoms with Gasteiger partial charge in [-0.3, -0.25) is 9.59 Å². The molecule has 6 nitrogen and oxygen atoms in total. The summed E-state index contributed by atoms with van der Waals surface area (Å²) in [6.45, 7) is 2.48. The molecule has 1 aliphatic heterocycles. The third-order valence-corrected chi connectivity index (χ3v) is 7.52. The fourth-order valence-corrected chi connectivity index (χ4v) is 5.20. The van der Waals surface area contributed by atoms with Crippen LogP contribution in [-0.2, 0) is 25.8 Å². The quantitative estimate of drug-likeness (QED) is 0.732. The van der Waals surface area contributed by atoms with E-state index in [2.05, 4.69) is 5.32 Å². The van der Waals surface area contributed by atoms with Crippen LogP contribution in [0.25, 0.3) is 0 Å². The minimum atomic E-state index is -3.63. The number of hydrogen-bond donors (Lipinski definition) is 1. The zero-order valence-electron chi connectivity index (χ0n) is 16.7. The van der Waals surface area contributed by atoms with Crippen LogP contribution in [-0.4, -0.2) is 32.5 Å². The first-order chi connectivity index (χ1) is 14.2. The van der Waals surface area contributed by atoms with E-state index in [1.54, 1.807) is 29.2 Å². The largest absolute Gasteiger partial charge is 0.325 e. The number of nitrogens with one attached hydrogen (secondary N) is 1. The summed E-state index contributed by atoms with van der Waals surface area (Å²) in [6.07, 6.45) is 2.35. The summed E-state index contributed by atoms with van der Waals surface area (Å²) in [5, 5.41) is 3.07. The molecule has 4 rings (SSSR count). The molecule has 30 heavy (non-hydrogen) atoms. The van der Waals surface area contributed by atoms with Crippen molar-refractivity contribution in [3.63, 3.8) is 0 Å². The Kier molecular flexibility index (Phi) is 5.59. The first kappa shape index (κ1) is 20.9. The lowest BCUT2D eigenvalue weighted by atomic mass is 10.2. The van der Waals surface area contributed by atoms with Gasteiger partial charge in [-0.05, 0) is 67.6 Å². The summed E-state index contributed by atoms with van der Waals surface area (Å²) in [6, 6.07) is 10.1. The van der Waals surface area contributed by atoms with Crippen molar-refractivity contribution in [2.24, 2.45) is 5.92 Å². The van der Waals surface area contributed by atoms with Gasteiger partial charge < -0.3 is 10.2 Å². The molecule has 2 amide bonds. The van der Waals surface area contributed by atoms with E-state index in [-0.39, 0.29) is 28.9 Å². The van der Waals surface area contributed by atoms with Crippen LogP contribution in [0.5, 0.6) is 0 Å². The summed E-state index contributed by atoms with van der Waals surface area (Å²) in [7, 11) is -3.63. The Morgan fingerprint density at radius 2 is 1.93 bits per heavy atom. The average Bonchev–Trinajstić information content (AvgIpc) is 3.47. The van der Waals surface area contributed by atoms with Crippen LogP contribution < -0.4 is 10.2 Å². The normalized spacial score (nSPS) is 15.7. The lowest BCUT2D eigenvalue weighted by Crippen LogP contribution is -2.30. The average molecular weight is 447 g/mol. The smallest absolute Gasteiger partial charge is 0.230 e. The van der Waals surface area contributed by atoms with E-state index in [4.69, 9.17) is 11.6 Å². The fourth-order valence-electron chi connectivity index (χ4n) is 3.63. The van der Waals surface area contributed by atoms with Crippen molar-refractivity contribution in [1.29, 1.82) is 0 Å². The number of sulfone groups is 1. The Bertz CT molecular complexity index is 1130. The maximum Gasteiger partial charge on any atom is 0.230 e. The number of aryl methyl sites for hydroxylation is 1. The van der Waals surface area contributed by atoms with Gasteiger partial charge in [0.1, 0.15) is 0 Å². The number of nitrogens with zero attached hydrogens (tertiary/aromatic N) is 1. The van der Waals surface area contributed by atoms with E-state index in [1.807, 2.05) is 13.0 Å². The van der Waals surface area contributed by atoms with Crippen molar-refractivity contribution in [2.75, 3.05) is 22.5 Å². The first-order valence-electron chi connectivity index (χ1n) is 9.98. The Labute approximate surface area is 181 Å². The molecule has 1 N–H and O–H groups in total. The predicted octanol–water partition coefficient (Wildman–Crippen LogP) is 3.75. The molecule has 2 aromatic carbocycles. The van der Waals surface area contributed by atoms with Gasteiger partial charge in [-0.25, -0.2) is 8.42 Å². The van der Waals surface area contributed by atoms with Crippen molar-refractivity contribution < 1.29 is 18.0 Å². The van der Waals surface area contributed by atoms with Crippen molar-refractivity contribution in [3.05, 3.63) is 52.5 Å². The van der Waals surface area contributed by atoms with E-state index in [0.717, 1.165) is 29.7 Å². The van der Waals surface area contributed by atoms with Crippen molar-refractivity contribution in [1.82, 2.24) is 0 Å². The lowest BCUT2D eigenvalue weighted by Gasteiger charge is -2.17. The molecule has 0 spiro atoms. The summed E-state index contributed by atoms with van der Waals surface area (Å²) in [5.41, 5.74) is 3.09. The summed E-state index contributed by atoms with van der Waals surface area (Å²) < 4.78 is 25.5. The minimum absolute atomic E-state index is 0.125. The highest BCUT2D eigenvalue weighted by atomic mass is 35.5. The molecule has 2 aromatic rings. The summed E-state index contributed by atoms with van der Waals surface area (Å²) in [5.74, 6) is -0.450. The number of amides is 2. The zero-order chi connectivity index (χ0) is 21.5. The molecule has 0 bridgehead atoms. The maximum absolute atomic E-state index is 12.7. The molecule has 0 unspecified atom stereocenters. The van der Waals surface area contributed by atoms with Crippen LogP contribution in [0.4, 0.5) is 11.4 Å². The van der Waals surface area contributed by atoms with Gasteiger partial charge >= 0.3 is 0 Å². The molecule has 1 aliphatic carbocycles. The summed E-state index contributed by atoms with van der Waals surface area (Å²) >= 11 is 6.11. The van der Waals surface area contributed by atoms with Crippen LogP contribution in [0.1, 0.15) is 30.4 Å². The number of fused-ring (bicyclic) bond motifs is 1. The molecule has 0 atom stereocenters. The molecule has 1 heterocycles. The van der Waals surface area contributed by atoms with Crippen LogP contribution in [0.2, 0.25) is 5.02 Å². The molecule has 2 aliphatic rings. The van der Waals surface area contributed by atoms with Crippen LogP contribution >= 0.6 is 11.6 Å². The Balaban J connectivity index is 1.41. The minimum Gasteiger partial charge on any atom is -0.325 e. The van der Waals surface area contributed by atoms with Gasteiger partial charge in [0.05, 0.1) is 21.4 Å². The third-order valence-electron chi connectivity index (χ3n) is 5.49. The Morgan fingerprint density at radius 1 is 1.17 bits per heavy atom. The van der Waals surface area contributed by atoms with Gasteiger partial charge in [-0.1, -0.05) is 17.7 Å². The number of anilines is 2. The summed E-state index contributed by atoms with van der Waals surface area (Å²) in [4.78, 5) is 26.5. The molecule has 8 heteroatoms. The van der Waals surface area contributed by atoms with Crippen molar-refractivity contribution >= 4 is 44.6 Å².